The summed E-state index contributed by atoms with van der Waals surface area (Å²) in [5, 5.41) is 2.86. The summed E-state index contributed by atoms with van der Waals surface area (Å²) in [6.07, 6.45) is 7.46. The molecule has 142 valence electrons. The zero-order valence-corrected chi connectivity index (χ0v) is 14.9. The molecule has 2 aromatic heterocycles. The highest BCUT2D eigenvalue weighted by Crippen LogP contribution is 2.24. The molecule has 0 radical (unpaired) electrons. The zero-order valence-electron chi connectivity index (χ0n) is 14.9. The van der Waals surface area contributed by atoms with Gasteiger partial charge in [-0.15, -0.1) is 0 Å². The van der Waals surface area contributed by atoms with Gasteiger partial charge in [0.25, 0.3) is 5.91 Å². The number of likely N-dealkylation sites (tertiary alicyclic amines) is 1. The fourth-order valence-corrected chi connectivity index (χ4v) is 3.11. The van der Waals surface area contributed by atoms with Crippen LogP contribution in [-0.4, -0.2) is 39.3 Å². The van der Waals surface area contributed by atoms with Gasteiger partial charge in [-0.1, -0.05) is 0 Å². The second-order valence-corrected chi connectivity index (χ2v) is 6.29. The molecule has 1 saturated heterocycles. The molecule has 2 amide bonds. The lowest BCUT2D eigenvalue weighted by molar-refractivity contribution is -0.119. The maximum Gasteiger partial charge on any atom is 0.290 e. The molecule has 1 aliphatic heterocycles. The summed E-state index contributed by atoms with van der Waals surface area (Å²) >= 11 is 0. The molecule has 1 atom stereocenters. The van der Waals surface area contributed by atoms with Gasteiger partial charge in [0.2, 0.25) is 11.8 Å². The number of nitrogens with one attached hydrogen (secondary N) is 1. The van der Waals surface area contributed by atoms with Gasteiger partial charge in [0.1, 0.15) is 11.8 Å². The number of hydrogen-bond acceptors (Lipinski definition) is 6. The first-order chi connectivity index (χ1) is 13.7. The molecule has 8 heteroatoms. The molecule has 0 aliphatic carbocycles. The number of benzene rings is 1. The fourth-order valence-electron chi connectivity index (χ4n) is 3.11. The number of ether oxygens (including phenoxy) is 1. The van der Waals surface area contributed by atoms with Gasteiger partial charge in [-0.05, 0) is 49.2 Å². The minimum Gasteiger partial charge on any atom is -0.459 e. The Kier molecular flexibility index (Phi) is 5.01. The molecule has 0 bridgehead atoms. The van der Waals surface area contributed by atoms with Crippen molar-refractivity contribution in [3.8, 4) is 11.6 Å². The number of nitrogens with zero attached hydrogens (tertiary/aromatic N) is 3. The Labute approximate surface area is 161 Å². The second-order valence-electron chi connectivity index (χ2n) is 6.29. The van der Waals surface area contributed by atoms with Crippen LogP contribution in [0.15, 0.2) is 65.7 Å². The predicted molar refractivity (Wildman–Crippen MR) is 99.9 cm³/mol. The lowest BCUT2D eigenvalue weighted by Gasteiger charge is -2.23. The highest BCUT2D eigenvalue weighted by Gasteiger charge is 2.35. The summed E-state index contributed by atoms with van der Waals surface area (Å²) in [5.74, 6) is 0.715. The standard InChI is InChI=1S/C20H18N4O4/c25-19(16-3-1-11-24(16)20(26)17-4-2-12-27-17)23-14-5-7-15(8-6-14)28-18-13-21-9-10-22-18/h2,4-10,12-13,16H,1,3,11H2,(H,23,25)/t16-/m0/s1. The fraction of sp³-hybridized carbons (Fsp3) is 0.200. The van der Waals surface area contributed by atoms with Crippen LogP contribution in [0, 0.1) is 0 Å². The van der Waals surface area contributed by atoms with Crippen molar-refractivity contribution >= 4 is 17.5 Å². The van der Waals surface area contributed by atoms with Crippen LogP contribution in [0.3, 0.4) is 0 Å². The number of amides is 2. The van der Waals surface area contributed by atoms with Gasteiger partial charge in [-0.3, -0.25) is 14.6 Å². The third-order valence-corrected chi connectivity index (χ3v) is 4.43. The predicted octanol–water partition coefficient (Wildman–Crippen LogP) is 3.11. The third kappa shape index (κ3) is 3.85. The minimum absolute atomic E-state index is 0.222. The van der Waals surface area contributed by atoms with Crippen molar-refractivity contribution in [1.82, 2.24) is 14.9 Å². The van der Waals surface area contributed by atoms with Crippen LogP contribution in [0.2, 0.25) is 0 Å². The van der Waals surface area contributed by atoms with Gasteiger partial charge in [-0.25, -0.2) is 4.98 Å². The van der Waals surface area contributed by atoms with Crippen molar-refractivity contribution in [2.75, 3.05) is 11.9 Å². The van der Waals surface area contributed by atoms with E-state index in [2.05, 4.69) is 15.3 Å². The molecule has 1 aliphatic rings. The number of anilines is 1. The lowest BCUT2D eigenvalue weighted by Crippen LogP contribution is -2.43. The number of hydrogen-bond donors (Lipinski definition) is 1. The van der Waals surface area contributed by atoms with Crippen LogP contribution in [0.25, 0.3) is 0 Å². The third-order valence-electron chi connectivity index (χ3n) is 4.43. The minimum atomic E-state index is -0.520. The number of furan rings is 1. The summed E-state index contributed by atoms with van der Waals surface area (Å²) in [5.41, 5.74) is 0.619. The monoisotopic (exact) mass is 378 g/mol. The van der Waals surface area contributed by atoms with Gasteiger partial charge in [0.05, 0.1) is 12.5 Å². The first kappa shape index (κ1) is 17.7. The molecule has 0 spiro atoms. The Balaban J connectivity index is 1.39. The van der Waals surface area contributed by atoms with Crippen LogP contribution in [0.1, 0.15) is 23.4 Å². The Bertz CT molecular complexity index is 942. The van der Waals surface area contributed by atoms with Crippen molar-refractivity contribution in [3.63, 3.8) is 0 Å². The molecule has 0 unspecified atom stereocenters. The molecule has 1 aromatic carbocycles. The molecule has 3 heterocycles. The summed E-state index contributed by atoms with van der Waals surface area (Å²) in [6, 6.07) is 9.66. The number of carbonyl (C=O) groups excluding carboxylic acids is 2. The number of aromatic nitrogens is 2. The largest absolute Gasteiger partial charge is 0.459 e. The van der Waals surface area contributed by atoms with E-state index in [1.165, 1.54) is 12.5 Å². The molecule has 3 aromatic rings. The number of rotatable bonds is 5. The van der Waals surface area contributed by atoms with Crippen LogP contribution < -0.4 is 10.1 Å². The highest BCUT2D eigenvalue weighted by atomic mass is 16.5. The summed E-state index contributed by atoms with van der Waals surface area (Å²) in [4.78, 5) is 34.7. The molecule has 4 rings (SSSR count). The van der Waals surface area contributed by atoms with E-state index in [9.17, 15) is 9.59 Å². The zero-order chi connectivity index (χ0) is 19.3. The highest BCUT2D eigenvalue weighted by molar-refractivity contribution is 6.00. The van der Waals surface area contributed by atoms with Crippen molar-refractivity contribution in [2.24, 2.45) is 0 Å². The summed E-state index contributed by atoms with van der Waals surface area (Å²) < 4.78 is 10.7. The molecule has 1 fully saturated rings. The average Bonchev–Trinajstić information content (AvgIpc) is 3.42. The smallest absolute Gasteiger partial charge is 0.290 e. The van der Waals surface area contributed by atoms with E-state index in [1.807, 2.05) is 0 Å². The van der Waals surface area contributed by atoms with Crippen LogP contribution in [0.4, 0.5) is 5.69 Å². The van der Waals surface area contributed by atoms with E-state index < -0.39 is 6.04 Å². The summed E-state index contributed by atoms with van der Waals surface area (Å²) in [6.45, 7) is 0.530. The normalized spacial score (nSPS) is 16.0. The van der Waals surface area contributed by atoms with Crippen LogP contribution in [0.5, 0.6) is 11.6 Å². The van der Waals surface area contributed by atoms with Gasteiger partial charge in [0, 0.05) is 24.6 Å². The van der Waals surface area contributed by atoms with E-state index in [0.29, 0.717) is 30.3 Å². The molecular weight excluding hydrogens is 360 g/mol. The van der Waals surface area contributed by atoms with Gasteiger partial charge in [0.15, 0.2) is 5.76 Å². The topological polar surface area (TPSA) is 97.6 Å². The van der Waals surface area contributed by atoms with Crippen LogP contribution >= 0.6 is 0 Å². The van der Waals surface area contributed by atoms with Crippen molar-refractivity contribution < 1.29 is 18.7 Å². The Hall–Kier alpha value is -3.68. The Morgan fingerprint density at radius 1 is 1.18 bits per heavy atom. The van der Waals surface area contributed by atoms with E-state index in [4.69, 9.17) is 9.15 Å². The Morgan fingerprint density at radius 3 is 2.75 bits per heavy atom. The van der Waals surface area contributed by atoms with Crippen molar-refractivity contribution in [2.45, 2.75) is 18.9 Å². The second kappa shape index (κ2) is 7.91. The van der Waals surface area contributed by atoms with Gasteiger partial charge in [-0.2, -0.15) is 0 Å². The first-order valence-electron chi connectivity index (χ1n) is 8.90. The van der Waals surface area contributed by atoms with Crippen LogP contribution in [-0.2, 0) is 4.79 Å². The molecule has 28 heavy (non-hydrogen) atoms. The lowest BCUT2D eigenvalue weighted by atomic mass is 10.2. The van der Waals surface area contributed by atoms with Crippen molar-refractivity contribution in [3.05, 3.63) is 67.0 Å². The quantitative estimate of drug-likeness (QED) is 0.733. The van der Waals surface area contributed by atoms with E-state index in [0.717, 1.165) is 6.42 Å². The summed E-state index contributed by atoms with van der Waals surface area (Å²) in [7, 11) is 0. The van der Waals surface area contributed by atoms with Gasteiger partial charge >= 0.3 is 0 Å². The van der Waals surface area contributed by atoms with E-state index in [-0.39, 0.29) is 17.6 Å². The maximum absolute atomic E-state index is 12.7. The van der Waals surface area contributed by atoms with Crippen molar-refractivity contribution in [1.29, 1.82) is 0 Å². The molecule has 8 nitrogen and oxygen atoms in total. The maximum atomic E-state index is 12.7. The average molecular weight is 378 g/mol. The number of carbonyl (C=O) groups is 2. The first-order valence-corrected chi connectivity index (χ1v) is 8.90. The molecule has 0 saturated carbocycles. The molecule has 1 N–H and O–H groups in total. The molecular formula is C20H18N4O4. The van der Waals surface area contributed by atoms with Gasteiger partial charge < -0.3 is 19.4 Å². The van der Waals surface area contributed by atoms with E-state index >= 15 is 0 Å². The Morgan fingerprint density at radius 2 is 2.04 bits per heavy atom. The van der Waals surface area contributed by atoms with E-state index in [1.54, 1.807) is 53.7 Å². The SMILES string of the molecule is O=C(Nc1ccc(Oc2cnccn2)cc1)[C@@H]1CCCN1C(=O)c1ccco1.